The first-order chi connectivity index (χ1) is 9.47. The van der Waals surface area contributed by atoms with E-state index in [9.17, 15) is 9.59 Å². The van der Waals surface area contributed by atoms with Crippen LogP contribution in [0.1, 0.15) is 17.5 Å². The zero-order chi connectivity index (χ0) is 14.7. The van der Waals surface area contributed by atoms with Gasteiger partial charge >= 0.3 is 5.97 Å². The number of oxime groups is 1. The second-order valence-electron chi connectivity index (χ2n) is 4.82. The van der Waals surface area contributed by atoms with Gasteiger partial charge in [0, 0.05) is 20.0 Å². The summed E-state index contributed by atoms with van der Waals surface area (Å²) in [5.74, 6) is -1.42. The Bertz CT molecular complexity index is 551. The van der Waals surface area contributed by atoms with Gasteiger partial charge < -0.3 is 14.8 Å². The predicted molar refractivity (Wildman–Crippen MR) is 72.2 cm³/mol. The second-order valence-corrected chi connectivity index (χ2v) is 4.82. The van der Waals surface area contributed by atoms with Crippen LogP contribution in [0.3, 0.4) is 0 Å². The van der Waals surface area contributed by atoms with E-state index in [2.05, 4.69) is 5.16 Å². The van der Waals surface area contributed by atoms with Crippen molar-refractivity contribution in [3.63, 3.8) is 0 Å². The summed E-state index contributed by atoms with van der Waals surface area (Å²) >= 11 is 0. The number of hydrogen-bond donors (Lipinski definition) is 1. The molecule has 1 N–H and O–H groups in total. The van der Waals surface area contributed by atoms with Gasteiger partial charge in [0.1, 0.15) is 0 Å². The average molecular weight is 276 g/mol. The molecule has 1 atom stereocenters. The first-order valence-corrected chi connectivity index (χ1v) is 6.24. The van der Waals surface area contributed by atoms with E-state index in [1.165, 1.54) is 4.90 Å². The molecule has 1 aliphatic rings. The molecule has 1 aromatic carbocycles. The molecule has 1 aliphatic heterocycles. The highest BCUT2D eigenvalue weighted by atomic mass is 16.6. The van der Waals surface area contributed by atoms with Crippen LogP contribution in [0.15, 0.2) is 29.4 Å². The summed E-state index contributed by atoms with van der Waals surface area (Å²) in [4.78, 5) is 29.2. The molecule has 0 saturated carbocycles. The lowest BCUT2D eigenvalue weighted by Crippen LogP contribution is -2.36. The standard InChI is InChI=1S/C14H16N2O4/c1-9-3-5-10(6-4-9)8-16(2)13(17)12-7-11(14(18)19)15-20-12/h3-6,12H,7-8H2,1-2H3,(H,18,19). The highest BCUT2D eigenvalue weighted by molar-refractivity contribution is 6.36. The van der Waals surface area contributed by atoms with Crippen molar-refractivity contribution < 1.29 is 19.5 Å². The Morgan fingerprint density at radius 3 is 2.60 bits per heavy atom. The van der Waals surface area contributed by atoms with Crippen LogP contribution in [0, 0.1) is 6.92 Å². The quantitative estimate of drug-likeness (QED) is 0.895. The van der Waals surface area contributed by atoms with Crippen LogP contribution in [0.25, 0.3) is 0 Å². The first-order valence-electron chi connectivity index (χ1n) is 6.24. The summed E-state index contributed by atoms with van der Waals surface area (Å²) in [6, 6.07) is 7.86. The predicted octanol–water partition coefficient (Wildman–Crippen LogP) is 1.18. The number of carboxylic acids is 1. The van der Waals surface area contributed by atoms with Crippen molar-refractivity contribution >= 4 is 17.6 Å². The fraction of sp³-hybridized carbons (Fsp3) is 0.357. The van der Waals surface area contributed by atoms with Crippen LogP contribution in [0.5, 0.6) is 0 Å². The minimum absolute atomic E-state index is 0.00635. The number of aliphatic carboxylic acids is 1. The van der Waals surface area contributed by atoms with Crippen LogP contribution in [-0.2, 0) is 21.0 Å². The van der Waals surface area contributed by atoms with E-state index in [1.54, 1.807) is 7.05 Å². The molecule has 0 aliphatic carbocycles. The van der Waals surface area contributed by atoms with E-state index in [0.29, 0.717) is 6.54 Å². The molecular weight excluding hydrogens is 260 g/mol. The summed E-state index contributed by atoms with van der Waals surface area (Å²) in [5, 5.41) is 12.2. The van der Waals surface area contributed by atoms with Crippen molar-refractivity contribution in [2.24, 2.45) is 5.16 Å². The van der Waals surface area contributed by atoms with Crippen LogP contribution in [0.2, 0.25) is 0 Å². The lowest BCUT2D eigenvalue weighted by atomic mass is 10.1. The van der Waals surface area contributed by atoms with Gasteiger partial charge in [0.15, 0.2) is 5.71 Å². The Hall–Kier alpha value is -2.37. The minimum atomic E-state index is -1.15. The number of aryl methyl sites for hydroxylation is 1. The Morgan fingerprint density at radius 1 is 1.40 bits per heavy atom. The number of likely N-dealkylation sites (N-methyl/N-ethyl adjacent to an activating group) is 1. The number of rotatable bonds is 4. The molecule has 1 aromatic rings. The molecule has 2 rings (SSSR count). The van der Waals surface area contributed by atoms with E-state index >= 15 is 0 Å². The number of hydrogen-bond acceptors (Lipinski definition) is 4. The Labute approximate surface area is 116 Å². The fourth-order valence-electron chi connectivity index (χ4n) is 1.93. The number of nitrogens with zero attached hydrogens (tertiary/aromatic N) is 2. The molecule has 6 nitrogen and oxygen atoms in total. The SMILES string of the molecule is Cc1ccc(CN(C)C(=O)C2CC(C(=O)O)=NO2)cc1. The molecule has 1 unspecified atom stereocenters. The van der Waals surface area contributed by atoms with Crippen LogP contribution < -0.4 is 0 Å². The van der Waals surface area contributed by atoms with Gasteiger partial charge in [0.25, 0.3) is 5.91 Å². The number of carbonyl (C=O) groups excluding carboxylic acids is 1. The Kier molecular flexibility index (Phi) is 4.02. The lowest BCUT2D eigenvalue weighted by molar-refractivity contribution is -0.141. The first kappa shape index (κ1) is 14.0. The van der Waals surface area contributed by atoms with Gasteiger partial charge in [-0.25, -0.2) is 4.79 Å². The molecule has 1 amide bonds. The van der Waals surface area contributed by atoms with Crippen LogP contribution in [-0.4, -0.2) is 40.7 Å². The van der Waals surface area contributed by atoms with E-state index in [1.807, 2.05) is 31.2 Å². The molecule has 20 heavy (non-hydrogen) atoms. The summed E-state index contributed by atoms with van der Waals surface area (Å²) in [6.07, 6.45) is -0.830. The molecule has 0 fully saturated rings. The third-order valence-electron chi connectivity index (χ3n) is 3.11. The number of amides is 1. The molecule has 6 heteroatoms. The molecule has 0 bridgehead atoms. The maximum atomic E-state index is 12.1. The van der Waals surface area contributed by atoms with Crippen molar-refractivity contribution in [3.05, 3.63) is 35.4 Å². The second kappa shape index (κ2) is 5.73. The number of carbonyl (C=O) groups is 2. The highest BCUT2D eigenvalue weighted by Crippen LogP contribution is 2.15. The fourth-order valence-corrected chi connectivity index (χ4v) is 1.93. The van der Waals surface area contributed by atoms with Crippen molar-refractivity contribution in [2.75, 3.05) is 7.05 Å². The van der Waals surface area contributed by atoms with Crippen LogP contribution >= 0.6 is 0 Å². The van der Waals surface area contributed by atoms with Crippen molar-refractivity contribution in [2.45, 2.75) is 26.0 Å². The molecule has 0 radical (unpaired) electrons. The summed E-state index contributed by atoms with van der Waals surface area (Å²) in [5.41, 5.74) is 2.04. The van der Waals surface area contributed by atoms with Crippen LogP contribution in [0.4, 0.5) is 0 Å². The average Bonchev–Trinajstić information content (AvgIpc) is 2.90. The maximum Gasteiger partial charge on any atom is 0.353 e. The van der Waals surface area contributed by atoms with Crippen molar-refractivity contribution in [1.82, 2.24) is 4.90 Å². The maximum absolute atomic E-state index is 12.1. The zero-order valence-corrected chi connectivity index (χ0v) is 11.4. The highest BCUT2D eigenvalue weighted by Gasteiger charge is 2.33. The van der Waals surface area contributed by atoms with E-state index < -0.39 is 12.1 Å². The number of benzene rings is 1. The number of carboxylic acid groups (broad SMARTS) is 1. The van der Waals surface area contributed by atoms with Gasteiger partial charge in [-0.1, -0.05) is 35.0 Å². The normalized spacial score (nSPS) is 17.3. The topological polar surface area (TPSA) is 79.2 Å². The van der Waals surface area contributed by atoms with Gasteiger partial charge in [-0.3, -0.25) is 4.79 Å². The van der Waals surface area contributed by atoms with E-state index in [4.69, 9.17) is 9.94 Å². The van der Waals surface area contributed by atoms with Gasteiger partial charge in [-0.15, -0.1) is 0 Å². The third-order valence-corrected chi connectivity index (χ3v) is 3.11. The monoisotopic (exact) mass is 276 g/mol. The summed E-state index contributed by atoms with van der Waals surface area (Å²) < 4.78 is 0. The molecule has 106 valence electrons. The van der Waals surface area contributed by atoms with E-state index in [-0.39, 0.29) is 18.0 Å². The largest absolute Gasteiger partial charge is 0.477 e. The van der Waals surface area contributed by atoms with Crippen molar-refractivity contribution in [3.8, 4) is 0 Å². The zero-order valence-electron chi connectivity index (χ0n) is 11.4. The Morgan fingerprint density at radius 2 is 2.05 bits per heavy atom. The molecule has 1 heterocycles. The third kappa shape index (κ3) is 3.14. The van der Waals surface area contributed by atoms with Crippen molar-refractivity contribution in [1.29, 1.82) is 0 Å². The molecule has 0 spiro atoms. The summed E-state index contributed by atoms with van der Waals surface area (Å²) in [7, 11) is 1.66. The molecule has 0 aromatic heterocycles. The molecular formula is C14H16N2O4. The molecule has 0 saturated heterocycles. The Balaban J connectivity index is 1.93. The van der Waals surface area contributed by atoms with Gasteiger partial charge in [0.05, 0.1) is 0 Å². The lowest BCUT2D eigenvalue weighted by Gasteiger charge is -2.19. The minimum Gasteiger partial charge on any atom is -0.477 e. The summed E-state index contributed by atoms with van der Waals surface area (Å²) in [6.45, 7) is 2.44. The van der Waals surface area contributed by atoms with Gasteiger partial charge in [0.2, 0.25) is 6.10 Å². The van der Waals surface area contributed by atoms with E-state index in [0.717, 1.165) is 11.1 Å². The van der Waals surface area contributed by atoms with Gasteiger partial charge in [-0.2, -0.15) is 0 Å². The van der Waals surface area contributed by atoms with Gasteiger partial charge in [-0.05, 0) is 12.5 Å². The smallest absolute Gasteiger partial charge is 0.353 e.